The minimum atomic E-state index is -0.751. The van der Waals surface area contributed by atoms with Gasteiger partial charge in [-0.2, -0.15) is 5.10 Å². The number of carboxylic acids is 1. The summed E-state index contributed by atoms with van der Waals surface area (Å²) in [6, 6.07) is 13.0. The first-order chi connectivity index (χ1) is 17.5. The summed E-state index contributed by atoms with van der Waals surface area (Å²) >= 11 is 6.19. The lowest BCUT2D eigenvalue weighted by Crippen LogP contribution is -2.51. The van der Waals surface area contributed by atoms with Crippen LogP contribution >= 0.6 is 11.6 Å². The highest BCUT2D eigenvalue weighted by molar-refractivity contribution is 6.31. The Morgan fingerprint density at radius 1 is 1.06 bits per heavy atom. The first-order valence-corrected chi connectivity index (χ1v) is 12.4. The lowest BCUT2D eigenvalue weighted by molar-refractivity contribution is -0.148. The van der Waals surface area contributed by atoms with E-state index in [9.17, 15) is 9.90 Å². The van der Waals surface area contributed by atoms with Crippen LogP contribution in [0.3, 0.4) is 0 Å². The first kappa shape index (κ1) is 22.5. The fourth-order valence-corrected chi connectivity index (χ4v) is 5.74. The van der Waals surface area contributed by atoms with E-state index >= 15 is 0 Å². The van der Waals surface area contributed by atoms with Crippen LogP contribution < -0.4 is 5.32 Å². The highest BCUT2D eigenvalue weighted by Gasteiger charge is 2.47. The number of rotatable bonds is 4. The summed E-state index contributed by atoms with van der Waals surface area (Å²) in [5.74, 6) is 6.46. The maximum atomic E-state index is 12.2. The second-order valence-corrected chi connectivity index (χ2v) is 9.85. The van der Waals surface area contributed by atoms with Gasteiger partial charge in [0.1, 0.15) is 17.2 Å². The Kier molecular flexibility index (Phi) is 5.78. The summed E-state index contributed by atoms with van der Waals surface area (Å²) in [6.07, 6.45) is 5.54. The molecule has 7 rings (SSSR count). The van der Waals surface area contributed by atoms with Crippen molar-refractivity contribution in [3.63, 3.8) is 0 Å². The monoisotopic (exact) mass is 498 g/mol. The molecule has 0 amide bonds. The number of anilines is 1. The van der Waals surface area contributed by atoms with E-state index in [4.69, 9.17) is 16.6 Å². The SMILES string of the molecule is O=C(O)C1C2CCC(CC2)C1Nc1cc(C#Cc2ccccc2)nc(-c2n[nH]c3ncc(Cl)cc23)n1. The molecule has 0 aliphatic heterocycles. The first-order valence-electron chi connectivity index (χ1n) is 12.0. The van der Waals surface area contributed by atoms with Crippen molar-refractivity contribution in [2.24, 2.45) is 17.8 Å². The predicted octanol–water partition coefficient (Wildman–Crippen LogP) is 4.77. The number of fused-ring (bicyclic) bond motifs is 4. The number of benzene rings is 1. The number of carboxylic acid groups (broad SMARTS) is 1. The molecule has 9 heteroatoms. The molecule has 3 saturated carbocycles. The predicted molar refractivity (Wildman–Crippen MR) is 136 cm³/mol. The molecule has 3 N–H and O–H groups in total. The van der Waals surface area contributed by atoms with Crippen molar-refractivity contribution >= 4 is 34.4 Å². The quantitative estimate of drug-likeness (QED) is 0.347. The number of aliphatic carboxylic acids is 1. The molecule has 0 radical (unpaired) electrons. The Morgan fingerprint density at radius 2 is 1.83 bits per heavy atom. The molecule has 4 aromatic rings. The molecule has 2 atom stereocenters. The van der Waals surface area contributed by atoms with E-state index < -0.39 is 11.9 Å². The minimum Gasteiger partial charge on any atom is -0.481 e. The van der Waals surface area contributed by atoms with Crippen molar-refractivity contribution in [3.05, 3.63) is 64.9 Å². The van der Waals surface area contributed by atoms with Gasteiger partial charge in [-0.1, -0.05) is 35.7 Å². The van der Waals surface area contributed by atoms with Crippen LogP contribution in [0.15, 0.2) is 48.7 Å². The Morgan fingerprint density at radius 3 is 2.61 bits per heavy atom. The number of H-pyrrole nitrogens is 1. The maximum Gasteiger partial charge on any atom is 0.308 e. The summed E-state index contributed by atoms with van der Waals surface area (Å²) in [5.41, 5.74) is 2.45. The van der Waals surface area contributed by atoms with Crippen LogP contribution in [0.1, 0.15) is 36.9 Å². The molecule has 2 unspecified atom stereocenters. The van der Waals surface area contributed by atoms with E-state index in [-0.39, 0.29) is 12.0 Å². The molecule has 8 nitrogen and oxygen atoms in total. The van der Waals surface area contributed by atoms with E-state index in [2.05, 4.69) is 37.3 Å². The Bertz CT molecular complexity index is 1500. The molecule has 36 heavy (non-hydrogen) atoms. The largest absolute Gasteiger partial charge is 0.481 e. The van der Waals surface area contributed by atoms with Crippen LogP contribution in [0.2, 0.25) is 5.02 Å². The topological polar surface area (TPSA) is 117 Å². The number of aromatic amines is 1. The van der Waals surface area contributed by atoms with Crippen LogP contribution in [0.4, 0.5) is 5.82 Å². The maximum absolute atomic E-state index is 12.2. The van der Waals surface area contributed by atoms with Gasteiger partial charge in [0.05, 0.1) is 16.3 Å². The van der Waals surface area contributed by atoms with Crippen molar-refractivity contribution in [1.29, 1.82) is 0 Å². The summed E-state index contributed by atoms with van der Waals surface area (Å²) in [6.45, 7) is 0. The number of hydrogen-bond acceptors (Lipinski definition) is 6. The Hall–Kier alpha value is -3.96. The molecule has 0 spiro atoms. The van der Waals surface area contributed by atoms with E-state index in [1.54, 1.807) is 18.3 Å². The molecule has 3 aliphatic rings. The van der Waals surface area contributed by atoms with Gasteiger partial charge in [0.2, 0.25) is 0 Å². The van der Waals surface area contributed by atoms with E-state index in [0.29, 0.717) is 45.0 Å². The normalized spacial score (nSPS) is 22.7. The zero-order valence-electron chi connectivity index (χ0n) is 19.3. The van der Waals surface area contributed by atoms with Gasteiger partial charge in [-0.05, 0) is 61.6 Å². The van der Waals surface area contributed by atoms with Gasteiger partial charge >= 0.3 is 5.97 Å². The fraction of sp³-hybridized carbons (Fsp3) is 0.296. The molecular formula is C27H23ClN6O2. The van der Waals surface area contributed by atoms with Crippen molar-refractivity contribution in [1.82, 2.24) is 25.1 Å². The van der Waals surface area contributed by atoms with Crippen molar-refractivity contribution in [3.8, 4) is 23.4 Å². The third-order valence-corrected chi connectivity index (χ3v) is 7.46. The molecule has 0 saturated heterocycles. The summed E-state index contributed by atoms with van der Waals surface area (Å²) < 4.78 is 0. The van der Waals surface area contributed by atoms with Crippen LogP contribution in [0.5, 0.6) is 0 Å². The van der Waals surface area contributed by atoms with E-state index in [1.807, 2.05) is 30.3 Å². The van der Waals surface area contributed by atoms with Crippen LogP contribution in [-0.4, -0.2) is 42.3 Å². The van der Waals surface area contributed by atoms with E-state index in [1.165, 1.54) is 0 Å². The number of hydrogen-bond donors (Lipinski definition) is 3. The third kappa shape index (κ3) is 4.27. The molecule has 3 aromatic heterocycles. The molecule has 3 fully saturated rings. The number of carbonyl (C=O) groups is 1. The van der Waals surface area contributed by atoms with E-state index in [0.717, 1.165) is 31.2 Å². The van der Waals surface area contributed by atoms with Crippen molar-refractivity contribution in [2.45, 2.75) is 31.7 Å². The van der Waals surface area contributed by atoms with Gasteiger partial charge in [-0.25, -0.2) is 15.0 Å². The van der Waals surface area contributed by atoms with Crippen molar-refractivity contribution < 1.29 is 9.90 Å². The van der Waals surface area contributed by atoms with Crippen molar-refractivity contribution in [2.75, 3.05) is 5.32 Å². The minimum absolute atomic E-state index is 0.187. The average Bonchev–Trinajstić information content (AvgIpc) is 3.31. The lowest BCUT2D eigenvalue weighted by Gasteiger charge is -2.47. The molecule has 3 heterocycles. The Labute approximate surface area is 212 Å². The Balaban J connectivity index is 1.43. The van der Waals surface area contributed by atoms with Gasteiger partial charge in [0.15, 0.2) is 11.5 Å². The number of halogens is 1. The highest BCUT2D eigenvalue weighted by Crippen LogP contribution is 2.46. The summed E-state index contributed by atoms with van der Waals surface area (Å²) in [5, 5.41) is 21.9. The molecule has 180 valence electrons. The zero-order chi connectivity index (χ0) is 24.6. The van der Waals surface area contributed by atoms with Gasteiger partial charge < -0.3 is 10.4 Å². The van der Waals surface area contributed by atoms with Crippen LogP contribution in [-0.2, 0) is 4.79 Å². The second kappa shape index (κ2) is 9.25. The molecular weight excluding hydrogens is 476 g/mol. The number of aromatic nitrogens is 5. The fourth-order valence-electron chi connectivity index (χ4n) is 5.58. The zero-order valence-corrected chi connectivity index (χ0v) is 20.0. The van der Waals surface area contributed by atoms with Crippen LogP contribution in [0.25, 0.3) is 22.6 Å². The van der Waals surface area contributed by atoms with Crippen LogP contribution in [0, 0.1) is 29.6 Å². The standard InChI is InChI=1S/C27H23ClN6O2/c28-18-12-20-24(33-34-25(20)29-14-18)26-30-19(11-6-15-4-2-1-3-5-15)13-21(32-26)31-23-17-9-7-16(8-10-17)22(23)27(35)36/h1-5,12-14,16-17,22-23H,7-10H2,(H,35,36)(H,29,33,34)(H,30,31,32). The second-order valence-electron chi connectivity index (χ2n) is 9.41. The summed E-state index contributed by atoms with van der Waals surface area (Å²) in [7, 11) is 0. The lowest BCUT2D eigenvalue weighted by atomic mass is 9.61. The molecule has 1 aromatic carbocycles. The van der Waals surface area contributed by atoms with Gasteiger partial charge in [0, 0.05) is 23.9 Å². The number of pyridine rings is 1. The molecule has 2 bridgehead atoms. The number of nitrogens with one attached hydrogen (secondary N) is 2. The van der Waals surface area contributed by atoms with Gasteiger partial charge in [-0.3, -0.25) is 9.89 Å². The van der Waals surface area contributed by atoms with Gasteiger partial charge in [0.25, 0.3) is 0 Å². The summed E-state index contributed by atoms with van der Waals surface area (Å²) in [4.78, 5) is 25.9. The third-order valence-electron chi connectivity index (χ3n) is 7.25. The highest BCUT2D eigenvalue weighted by atomic mass is 35.5. The number of nitrogens with zero attached hydrogens (tertiary/aromatic N) is 4. The smallest absolute Gasteiger partial charge is 0.308 e. The van der Waals surface area contributed by atoms with Gasteiger partial charge in [-0.15, -0.1) is 0 Å². The average molecular weight is 499 g/mol. The molecule has 3 aliphatic carbocycles.